The van der Waals surface area contributed by atoms with Gasteiger partial charge in [-0.05, 0) is 30.9 Å². The van der Waals surface area contributed by atoms with Gasteiger partial charge in [0.05, 0.1) is 13.7 Å². The minimum absolute atomic E-state index is 0.129. The average Bonchev–Trinajstić information content (AvgIpc) is 2.36. The van der Waals surface area contributed by atoms with Crippen LogP contribution in [0.4, 0.5) is 0 Å². The number of methoxy groups -OCH3 is 1. The zero-order valence-electron chi connectivity index (χ0n) is 11.9. The Labute approximate surface area is 110 Å². The largest absolute Gasteiger partial charge is 0.497 e. The first-order chi connectivity index (χ1) is 8.56. The molecular formula is C15H25NO2. The van der Waals surface area contributed by atoms with Crippen LogP contribution in [0.1, 0.15) is 32.8 Å². The summed E-state index contributed by atoms with van der Waals surface area (Å²) in [5.74, 6) is 2.27. The number of nitrogens with two attached hydrogens (primary N) is 1. The van der Waals surface area contributed by atoms with E-state index in [2.05, 4.69) is 13.8 Å². The first-order valence-corrected chi connectivity index (χ1v) is 6.62. The summed E-state index contributed by atoms with van der Waals surface area (Å²) < 4.78 is 11.1. The molecule has 0 saturated carbocycles. The SMILES string of the molecule is CCC(C)COc1cc(OC)ccc1CC(C)N. The minimum atomic E-state index is 0.129. The van der Waals surface area contributed by atoms with Crippen molar-refractivity contribution < 1.29 is 9.47 Å². The Morgan fingerprint density at radius 3 is 2.56 bits per heavy atom. The highest BCUT2D eigenvalue weighted by atomic mass is 16.5. The van der Waals surface area contributed by atoms with Crippen molar-refractivity contribution in [3.63, 3.8) is 0 Å². The van der Waals surface area contributed by atoms with Crippen molar-refractivity contribution in [3.05, 3.63) is 23.8 Å². The van der Waals surface area contributed by atoms with E-state index in [1.54, 1.807) is 7.11 Å². The lowest BCUT2D eigenvalue weighted by Crippen LogP contribution is -2.18. The number of rotatable bonds is 7. The van der Waals surface area contributed by atoms with Gasteiger partial charge in [-0.1, -0.05) is 26.3 Å². The molecule has 1 aromatic rings. The van der Waals surface area contributed by atoms with Crippen molar-refractivity contribution in [2.24, 2.45) is 11.7 Å². The number of ether oxygens (including phenoxy) is 2. The zero-order chi connectivity index (χ0) is 13.5. The van der Waals surface area contributed by atoms with Crippen molar-refractivity contribution >= 4 is 0 Å². The lowest BCUT2D eigenvalue weighted by atomic mass is 10.1. The van der Waals surface area contributed by atoms with E-state index < -0.39 is 0 Å². The maximum atomic E-state index is 5.90. The quantitative estimate of drug-likeness (QED) is 0.810. The molecule has 3 heteroatoms. The van der Waals surface area contributed by atoms with Crippen LogP contribution in [0.2, 0.25) is 0 Å². The van der Waals surface area contributed by atoms with Crippen LogP contribution in [0.15, 0.2) is 18.2 Å². The Balaban J connectivity index is 2.82. The normalized spacial score (nSPS) is 14.1. The van der Waals surface area contributed by atoms with Gasteiger partial charge < -0.3 is 15.2 Å². The Hall–Kier alpha value is -1.22. The van der Waals surface area contributed by atoms with Crippen molar-refractivity contribution in [1.82, 2.24) is 0 Å². The number of hydrogen-bond donors (Lipinski definition) is 1. The van der Waals surface area contributed by atoms with E-state index in [1.807, 2.05) is 25.1 Å². The molecule has 102 valence electrons. The third-order valence-electron chi connectivity index (χ3n) is 3.04. The fourth-order valence-electron chi connectivity index (χ4n) is 1.66. The van der Waals surface area contributed by atoms with E-state index in [4.69, 9.17) is 15.2 Å². The maximum absolute atomic E-state index is 5.90. The molecule has 0 aliphatic carbocycles. The third-order valence-corrected chi connectivity index (χ3v) is 3.04. The third kappa shape index (κ3) is 4.57. The van der Waals surface area contributed by atoms with Crippen LogP contribution in [0, 0.1) is 5.92 Å². The predicted molar refractivity (Wildman–Crippen MR) is 75.3 cm³/mol. The average molecular weight is 251 g/mol. The van der Waals surface area contributed by atoms with Gasteiger partial charge in [0.2, 0.25) is 0 Å². The minimum Gasteiger partial charge on any atom is -0.497 e. The second-order valence-electron chi connectivity index (χ2n) is 4.98. The van der Waals surface area contributed by atoms with E-state index in [0.29, 0.717) is 5.92 Å². The Morgan fingerprint density at radius 1 is 1.28 bits per heavy atom. The van der Waals surface area contributed by atoms with Gasteiger partial charge in [0.25, 0.3) is 0 Å². The molecule has 2 atom stereocenters. The fourth-order valence-corrected chi connectivity index (χ4v) is 1.66. The van der Waals surface area contributed by atoms with Crippen LogP contribution >= 0.6 is 0 Å². The van der Waals surface area contributed by atoms with Crippen LogP contribution < -0.4 is 15.2 Å². The van der Waals surface area contributed by atoms with Gasteiger partial charge in [-0.2, -0.15) is 0 Å². The second kappa shape index (κ2) is 7.27. The van der Waals surface area contributed by atoms with Gasteiger partial charge >= 0.3 is 0 Å². The fraction of sp³-hybridized carbons (Fsp3) is 0.600. The predicted octanol–water partition coefficient (Wildman–Crippen LogP) is 3.01. The maximum Gasteiger partial charge on any atom is 0.126 e. The van der Waals surface area contributed by atoms with Crippen LogP contribution in [0.25, 0.3) is 0 Å². The molecule has 2 unspecified atom stereocenters. The summed E-state index contributed by atoms with van der Waals surface area (Å²) in [5.41, 5.74) is 7.01. The first-order valence-electron chi connectivity index (χ1n) is 6.62. The molecule has 0 amide bonds. The van der Waals surface area contributed by atoms with Gasteiger partial charge in [0.1, 0.15) is 11.5 Å². The van der Waals surface area contributed by atoms with Crippen molar-refractivity contribution in [3.8, 4) is 11.5 Å². The summed E-state index contributed by atoms with van der Waals surface area (Å²) in [4.78, 5) is 0. The van der Waals surface area contributed by atoms with Gasteiger partial charge in [-0.15, -0.1) is 0 Å². The highest BCUT2D eigenvalue weighted by Crippen LogP contribution is 2.26. The highest BCUT2D eigenvalue weighted by molar-refractivity contribution is 5.41. The van der Waals surface area contributed by atoms with E-state index >= 15 is 0 Å². The summed E-state index contributed by atoms with van der Waals surface area (Å²) >= 11 is 0. The van der Waals surface area contributed by atoms with Gasteiger partial charge in [-0.3, -0.25) is 0 Å². The lowest BCUT2D eigenvalue weighted by Gasteiger charge is -2.16. The second-order valence-corrected chi connectivity index (χ2v) is 4.98. The van der Waals surface area contributed by atoms with E-state index in [0.717, 1.165) is 36.5 Å². The molecule has 0 aliphatic rings. The molecule has 0 saturated heterocycles. The Morgan fingerprint density at radius 2 is 2.00 bits per heavy atom. The lowest BCUT2D eigenvalue weighted by molar-refractivity contribution is 0.253. The van der Waals surface area contributed by atoms with Gasteiger partial charge in [-0.25, -0.2) is 0 Å². The molecule has 0 heterocycles. The molecule has 0 fully saturated rings. The molecule has 0 aliphatic heterocycles. The molecule has 0 spiro atoms. The van der Waals surface area contributed by atoms with Gasteiger partial charge in [0, 0.05) is 12.1 Å². The zero-order valence-corrected chi connectivity index (χ0v) is 11.9. The molecule has 3 nitrogen and oxygen atoms in total. The number of benzene rings is 1. The standard InChI is InChI=1S/C15H25NO2/c1-5-11(2)10-18-15-9-14(17-4)7-6-13(15)8-12(3)16/h6-7,9,11-12H,5,8,10,16H2,1-4H3. The topological polar surface area (TPSA) is 44.5 Å². The van der Waals surface area contributed by atoms with Crippen molar-refractivity contribution in [1.29, 1.82) is 0 Å². The molecule has 0 bridgehead atoms. The molecule has 0 radical (unpaired) electrons. The molecule has 1 rings (SSSR count). The molecule has 2 N–H and O–H groups in total. The molecule has 18 heavy (non-hydrogen) atoms. The van der Waals surface area contributed by atoms with Crippen LogP contribution in [-0.4, -0.2) is 19.8 Å². The first kappa shape index (κ1) is 14.8. The van der Waals surface area contributed by atoms with Crippen LogP contribution in [0.5, 0.6) is 11.5 Å². The van der Waals surface area contributed by atoms with Crippen LogP contribution in [-0.2, 0) is 6.42 Å². The summed E-state index contributed by atoms with van der Waals surface area (Å²) in [5, 5.41) is 0. The van der Waals surface area contributed by atoms with Crippen molar-refractivity contribution in [2.45, 2.75) is 39.7 Å². The summed E-state index contributed by atoms with van der Waals surface area (Å²) in [6.45, 7) is 7.09. The number of hydrogen-bond acceptors (Lipinski definition) is 3. The summed E-state index contributed by atoms with van der Waals surface area (Å²) in [6, 6.07) is 6.06. The highest BCUT2D eigenvalue weighted by Gasteiger charge is 2.09. The van der Waals surface area contributed by atoms with Gasteiger partial charge in [0.15, 0.2) is 0 Å². The molecule has 1 aromatic carbocycles. The van der Waals surface area contributed by atoms with E-state index in [9.17, 15) is 0 Å². The molecular weight excluding hydrogens is 226 g/mol. The summed E-state index contributed by atoms with van der Waals surface area (Å²) in [6.07, 6.45) is 1.94. The van der Waals surface area contributed by atoms with E-state index in [1.165, 1.54) is 0 Å². The van der Waals surface area contributed by atoms with Crippen LogP contribution in [0.3, 0.4) is 0 Å². The van der Waals surface area contributed by atoms with Crippen molar-refractivity contribution in [2.75, 3.05) is 13.7 Å². The van der Waals surface area contributed by atoms with E-state index in [-0.39, 0.29) is 6.04 Å². The summed E-state index contributed by atoms with van der Waals surface area (Å²) in [7, 11) is 1.67. The Bertz CT molecular complexity index is 364. The molecule has 0 aromatic heterocycles. The monoisotopic (exact) mass is 251 g/mol. The Kier molecular flexibility index (Phi) is 5.99. The smallest absolute Gasteiger partial charge is 0.126 e.